The highest BCUT2D eigenvalue weighted by Crippen LogP contribution is 2.29. The Morgan fingerprint density at radius 1 is 1.43 bits per heavy atom. The van der Waals surface area contributed by atoms with Crippen molar-refractivity contribution in [3.8, 4) is 0 Å². The SMILES string of the molecule is CCNC(=O)C1CCN(c2ncnc3onc(C)c23)CC1. The van der Waals surface area contributed by atoms with Gasteiger partial charge in [0.05, 0.1) is 5.69 Å². The van der Waals surface area contributed by atoms with Crippen LogP contribution in [-0.4, -0.2) is 40.7 Å². The number of aryl methyl sites for hydroxylation is 1. The number of piperidine rings is 1. The van der Waals surface area contributed by atoms with Crippen molar-refractivity contribution in [3.63, 3.8) is 0 Å². The minimum Gasteiger partial charge on any atom is -0.356 e. The van der Waals surface area contributed by atoms with Crippen LogP contribution in [0.5, 0.6) is 0 Å². The predicted octanol–water partition coefficient (Wildman–Crippen LogP) is 1.28. The molecule has 2 aromatic heterocycles. The number of hydrogen-bond acceptors (Lipinski definition) is 6. The number of anilines is 1. The Kier molecular flexibility index (Phi) is 3.72. The molecule has 21 heavy (non-hydrogen) atoms. The molecule has 1 amide bonds. The molecular weight excluding hydrogens is 270 g/mol. The number of nitrogens with zero attached hydrogens (tertiary/aromatic N) is 4. The van der Waals surface area contributed by atoms with Crippen LogP contribution < -0.4 is 10.2 Å². The van der Waals surface area contributed by atoms with E-state index in [0.717, 1.165) is 42.8 Å². The van der Waals surface area contributed by atoms with Crippen molar-refractivity contribution in [2.45, 2.75) is 26.7 Å². The molecule has 0 aliphatic carbocycles. The van der Waals surface area contributed by atoms with Crippen LogP contribution in [0, 0.1) is 12.8 Å². The minimum atomic E-state index is 0.0992. The summed E-state index contributed by atoms with van der Waals surface area (Å²) < 4.78 is 5.18. The normalized spacial score (nSPS) is 16.4. The second-order valence-electron chi connectivity index (χ2n) is 5.30. The van der Waals surface area contributed by atoms with E-state index < -0.39 is 0 Å². The first-order chi connectivity index (χ1) is 10.2. The van der Waals surface area contributed by atoms with E-state index in [2.05, 4.69) is 25.3 Å². The lowest BCUT2D eigenvalue weighted by Crippen LogP contribution is -2.40. The summed E-state index contributed by atoms with van der Waals surface area (Å²) in [6.07, 6.45) is 3.17. The predicted molar refractivity (Wildman–Crippen MR) is 78.0 cm³/mol. The number of carbonyl (C=O) groups is 1. The summed E-state index contributed by atoms with van der Waals surface area (Å²) in [5.74, 6) is 1.11. The molecule has 1 saturated heterocycles. The topological polar surface area (TPSA) is 84.2 Å². The van der Waals surface area contributed by atoms with Gasteiger partial charge in [-0.3, -0.25) is 4.79 Å². The molecular formula is C14H19N5O2. The molecule has 1 N–H and O–H groups in total. The van der Waals surface area contributed by atoms with E-state index in [1.54, 1.807) is 0 Å². The lowest BCUT2D eigenvalue weighted by molar-refractivity contribution is -0.125. The third kappa shape index (κ3) is 2.55. The van der Waals surface area contributed by atoms with Crippen molar-refractivity contribution < 1.29 is 9.32 Å². The Balaban J connectivity index is 1.77. The van der Waals surface area contributed by atoms with Crippen molar-refractivity contribution in [3.05, 3.63) is 12.0 Å². The van der Waals surface area contributed by atoms with Gasteiger partial charge in [0.1, 0.15) is 17.5 Å². The molecule has 0 bridgehead atoms. The maximum atomic E-state index is 11.9. The first-order valence-electron chi connectivity index (χ1n) is 7.30. The molecule has 1 aliphatic rings. The standard InChI is InChI=1S/C14H19N5O2/c1-3-15-13(20)10-4-6-19(7-5-10)12-11-9(2)18-21-14(11)17-8-16-12/h8,10H,3-7H2,1-2H3,(H,15,20). The van der Waals surface area contributed by atoms with E-state index in [-0.39, 0.29) is 11.8 Å². The van der Waals surface area contributed by atoms with Gasteiger partial charge in [0, 0.05) is 25.6 Å². The number of fused-ring (bicyclic) bond motifs is 1. The maximum absolute atomic E-state index is 11.9. The highest BCUT2D eigenvalue weighted by Gasteiger charge is 2.27. The Hall–Kier alpha value is -2.18. The lowest BCUT2D eigenvalue weighted by atomic mass is 9.96. The van der Waals surface area contributed by atoms with Gasteiger partial charge < -0.3 is 14.7 Å². The van der Waals surface area contributed by atoms with E-state index in [0.29, 0.717) is 12.3 Å². The second-order valence-corrected chi connectivity index (χ2v) is 5.30. The Morgan fingerprint density at radius 3 is 2.90 bits per heavy atom. The van der Waals surface area contributed by atoms with Crippen molar-refractivity contribution in [1.82, 2.24) is 20.4 Å². The Morgan fingerprint density at radius 2 is 2.19 bits per heavy atom. The molecule has 1 aliphatic heterocycles. The molecule has 3 heterocycles. The summed E-state index contributed by atoms with van der Waals surface area (Å²) in [6, 6.07) is 0. The van der Waals surface area contributed by atoms with E-state index in [1.165, 1.54) is 6.33 Å². The highest BCUT2D eigenvalue weighted by molar-refractivity contribution is 5.88. The fraction of sp³-hybridized carbons (Fsp3) is 0.571. The zero-order valence-corrected chi connectivity index (χ0v) is 12.3. The van der Waals surface area contributed by atoms with Crippen molar-refractivity contribution in [2.24, 2.45) is 5.92 Å². The van der Waals surface area contributed by atoms with E-state index >= 15 is 0 Å². The smallest absolute Gasteiger partial charge is 0.263 e. The van der Waals surface area contributed by atoms with E-state index in [4.69, 9.17) is 4.52 Å². The molecule has 2 aromatic rings. The number of hydrogen-bond donors (Lipinski definition) is 1. The maximum Gasteiger partial charge on any atom is 0.263 e. The van der Waals surface area contributed by atoms with Crippen molar-refractivity contribution in [1.29, 1.82) is 0 Å². The molecule has 0 spiro atoms. The second kappa shape index (κ2) is 5.67. The van der Waals surface area contributed by atoms with Gasteiger partial charge in [-0.1, -0.05) is 5.16 Å². The summed E-state index contributed by atoms with van der Waals surface area (Å²) in [4.78, 5) is 22.5. The zero-order valence-electron chi connectivity index (χ0n) is 12.3. The number of amides is 1. The molecule has 0 atom stereocenters. The molecule has 7 heteroatoms. The van der Waals surface area contributed by atoms with Crippen LogP contribution in [0.4, 0.5) is 5.82 Å². The third-order valence-electron chi connectivity index (χ3n) is 3.94. The van der Waals surface area contributed by atoms with Crippen LogP contribution in [0.2, 0.25) is 0 Å². The van der Waals surface area contributed by atoms with Gasteiger partial charge in [0.2, 0.25) is 5.91 Å². The number of aromatic nitrogens is 3. The van der Waals surface area contributed by atoms with Crippen LogP contribution >= 0.6 is 0 Å². The minimum absolute atomic E-state index is 0.0992. The van der Waals surface area contributed by atoms with E-state index in [9.17, 15) is 4.79 Å². The average Bonchev–Trinajstić information content (AvgIpc) is 2.89. The molecule has 112 valence electrons. The first kappa shape index (κ1) is 13.8. The van der Waals surface area contributed by atoms with Crippen LogP contribution in [0.25, 0.3) is 11.1 Å². The average molecular weight is 289 g/mol. The lowest BCUT2D eigenvalue weighted by Gasteiger charge is -2.32. The van der Waals surface area contributed by atoms with Gasteiger partial charge in [0.25, 0.3) is 5.71 Å². The van der Waals surface area contributed by atoms with Gasteiger partial charge in [-0.05, 0) is 26.7 Å². The molecule has 0 aromatic carbocycles. The molecule has 0 saturated carbocycles. The molecule has 1 fully saturated rings. The fourth-order valence-corrected chi connectivity index (χ4v) is 2.82. The summed E-state index contributed by atoms with van der Waals surface area (Å²) in [5.41, 5.74) is 1.31. The monoisotopic (exact) mass is 289 g/mol. The largest absolute Gasteiger partial charge is 0.356 e. The van der Waals surface area contributed by atoms with Crippen LogP contribution in [0.15, 0.2) is 10.9 Å². The van der Waals surface area contributed by atoms with Crippen molar-refractivity contribution in [2.75, 3.05) is 24.5 Å². The third-order valence-corrected chi connectivity index (χ3v) is 3.94. The summed E-state index contributed by atoms with van der Waals surface area (Å²) >= 11 is 0. The number of carbonyl (C=O) groups excluding carboxylic acids is 1. The molecule has 7 nitrogen and oxygen atoms in total. The summed E-state index contributed by atoms with van der Waals surface area (Å²) in [5, 5.41) is 7.72. The molecule has 0 unspecified atom stereocenters. The highest BCUT2D eigenvalue weighted by atomic mass is 16.5. The zero-order chi connectivity index (χ0) is 14.8. The van der Waals surface area contributed by atoms with Gasteiger partial charge in [0.15, 0.2) is 0 Å². The summed E-state index contributed by atoms with van der Waals surface area (Å²) in [7, 11) is 0. The Bertz CT molecular complexity index is 646. The van der Waals surface area contributed by atoms with Crippen LogP contribution in [-0.2, 0) is 4.79 Å². The molecule has 3 rings (SSSR count). The van der Waals surface area contributed by atoms with Crippen molar-refractivity contribution >= 4 is 22.8 Å². The van der Waals surface area contributed by atoms with Gasteiger partial charge in [-0.15, -0.1) is 0 Å². The van der Waals surface area contributed by atoms with Crippen LogP contribution in [0.1, 0.15) is 25.5 Å². The Labute approximate surface area is 122 Å². The molecule has 0 radical (unpaired) electrons. The van der Waals surface area contributed by atoms with Gasteiger partial charge in [-0.25, -0.2) is 4.98 Å². The first-order valence-corrected chi connectivity index (χ1v) is 7.30. The quantitative estimate of drug-likeness (QED) is 0.916. The van der Waals surface area contributed by atoms with Gasteiger partial charge >= 0.3 is 0 Å². The van der Waals surface area contributed by atoms with Crippen LogP contribution in [0.3, 0.4) is 0 Å². The summed E-state index contributed by atoms with van der Waals surface area (Å²) in [6.45, 7) is 6.13. The number of nitrogens with one attached hydrogen (secondary N) is 1. The number of rotatable bonds is 3. The van der Waals surface area contributed by atoms with Gasteiger partial charge in [-0.2, -0.15) is 4.98 Å². The fourth-order valence-electron chi connectivity index (χ4n) is 2.82. The van der Waals surface area contributed by atoms with E-state index in [1.807, 2.05) is 13.8 Å².